The van der Waals surface area contributed by atoms with Gasteiger partial charge < -0.3 is 9.72 Å². The van der Waals surface area contributed by atoms with E-state index in [0.29, 0.717) is 29.8 Å². The first-order valence-electron chi connectivity index (χ1n) is 7.71. The Bertz CT molecular complexity index is 841. The minimum atomic E-state index is -0.269. The topological polar surface area (TPSA) is 67.0 Å². The summed E-state index contributed by atoms with van der Waals surface area (Å²) in [4.78, 5) is 20.1. The van der Waals surface area contributed by atoms with Crippen LogP contribution in [0.15, 0.2) is 46.9 Å². The molecule has 0 atom stereocenters. The third-order valence-corrected chi connectivity index (χ3v) is 3.87. The lowest BCUT2D eigenvalue weighted by molar-refractivity contribution is 0.102. The average molecular weight is 388 g/mol. The van der Waals surface area contributed by atoms with Crippen LogP contribution < -0.4 is 10.1 Å². The third kappa shape index (κ3) is 3.76. The molecule has 6 heteroatoms. The van der Waals surface area contributed by atoms with Crippen molar-refractivity contribution in [3.63, 3.8) is 0 Å². The fourth-order valence-corrected chi connectivity index (χ4v) is 2.61. The van der Waals surface area contributed by atoms with Crippen molar-refractivity contribution in [1.82, 2.24) is 9.97 Å². The predicted octanol–water partition coefficient (Wildman–Crippen LogP) is 4.61. The minimum Gasteiger partial charge on any atom is -0.492 e. The number of aromatic amines is 1. The lowest BCUT2D eigenvalue weighted by Crippen LogP contribution is -2.15. The van der Waals surface area contributed by atoms with Crippen LogP contribution in [0.5, 0.6) is 5.75 Å². The van der Waals surface area contributed by atoms with Crippen molar-refractivity contribution in [2.45, 2.75) is 13.8 Å². The van der Waals surface area contributed by atoms with Gasteiger partial charge in [0.25, 0.3) is 5.91 Å². The molecular weight excluding hydrogens is 370 g/mol. The van der Waals surface area contributed by atoms with Gasteiger partial charge in [0.15, 0.2) is 0 Å². The van der Waals surface area contributed by atoms with Crippen LogP contribution in [0.3, 0.4) is 0 Å². The summed E-state index contributed by atoms with van der Waals surface area (Å²) in [5.74, 6) is 1.07. The lowest BCUT2D eigenvalue weighted by atomic mass is 10.2. The number of rotatable bonds is 5. The van der Waals surface area contributed by atoms with E-state index in [1.165, 1.54) is 0 Å². The zero-order chi connectivity index (χ0) is 17.1. The van der Waals surface area contributed by atoms with Crippen molar-refractivity contribution in [2.24, 2.45) is 5.92 Å². The number of para-hydroxylation sites is 2. The van der Waals surface area contributed by atoms with Crippen LogP contribution in [0.1, 0.15) is 24.2 Å². The number of nitrogens with one attached hydrogen (secondary N) is 2. The molecule has 2 N–H and O–H groups in total. The molecule has 1 heterocycles. The molecule has 1 aromatic heterocycles. The Kier molecular flexibility index (Phi) is 4.85. The van der Waals surface area contributed by atoms with Gasteiger partial charge in [-0.3, -0.25) is 10.1 Å². The van der Waals surface area contributed by atoms with Gasteiger partial charge in [-0.1, -0.05) is 41.9 Å². The molecule has 3 aromatic rings. The number of hydrogen-bond acceptors (Lipinski definition) is 3. The Labute approximate surface area is 148 Å². The minimum absolute atomic E-state index is 0.269. The summed E-state index contributed by atoms with van der Waals surface area (Å²) in [6, 6.07) is 13.0. The van der Waals surface area contributed by atoms with Gasteiger partial charge in [-0.15, -0.1) is 0 Å². The van der Waals surface area contributed by atoms with E-state index in [1.807, 2.05) is 30.3 Å². The molecule has 124 valence electrons. The van der Waals surface area contributed by atoms with E-state index in [-0.39, 0.29) is 5.91 Å². The molecule has 24 heavy (non-hydrogen) atoms. The van der Waals surface area contributed by atoms with E-state index in [9.17, 15) is 4.79 Å². The maximum absolute atomic E-state index is 12.6. The molecule has 1 amide bonds. The normalized spacial score (nSPS) is 11.0. The number of carbonyl (C=O) groups excluding carboxylic acids is 1. The Morgan fingerprint density at radius 1 is 1.29 bits per heavy atom. The van der Waals surface area contributed by atoms with Crippen molar-refractivity contribution in [1.29, 1.82) is 0 Å². The van der Waals surface area contributed by atoms with Crippen LogP contribution in [0, 0.1) is 5.92 Å². The summed E-state index contributed by atoms with van der Waals surface area (Å²) in [5.41, 5.74) is 2.14. The largest absolute Gasteiger partial charge is 0.492 e. The highest BCUT2D eigenvalue weighted by Crippen LogP contribution is 2.25. The van der Waals surface area contributed by atoms with Crippen molar-refractivity contribution in [3.05, 3.63) is 52.5 Å². The Morgan fingerprint density at radius 2 is 2.08 bits per heavy atom. The number of anilines is 1. The fourth-order valence-electron chi connectivity index (χ4n) is 2.25. The summed E-state index contributed by atoms with van der Waals surface area (Å²) < 4.78 is 6.57. The first-order valence-corrected chi connectivity index (χ1v) is 8.50. The first kappa shape index (κ1) is 16.5. The molecule has 2 aromatic carbocycles. The molecule has 3 rings (SSSR count). The maximum atomic E-state index is 12.6. The number of benzene rings is 2. The highest BCUT2D eigenvalue weighted by atomic mass is 79.9. The van der Waals surface area contributed by atoms with Gasteiger partial charge in [0.2, 0.25) is 5.95 Å². The van der Waals surface area contributed by atoms with E-state index in [1.54, 1.807) is 12.1 Å². The molecule has 0 unspecified atom stereocenters. The van der Waals surface area contributed by atoms with Crippen molar-refractivity contribution >= 4 is 38.8 Å². The lowest BCUT2D eigenvalue weighted by Gasteiger charge is -2.13. The highest BCUT2D eigenvalue weighted by molar-refractivity contribution is 9.10. The smallest absolute Gasteiger partial charge is 0.261 e. The molecule has 0 radical (unpaired) electrons. The predicted molar refractivity (Wildman–Crippen MR) is 98.5 cm³/mol. The van der Waals surface area contributed by atoms with Crippen LogP contribution in [0.4, 0.5) is 5.95 Å². The Hall–Kier alpha value is -2.34. The maximum Gasteiger partial charge on any atom is 0.261 e. The Balaban J connectivity index is 1.84. The van der Waals surface area contributed by atoms with Crippen LogP contribution in [0.25, 0.3) is 11.0 Å². The molecule has 0 saturated heterocycles. The van der Waals surface area contributed by atoms with E-state index < -0.39 is 0 Å². The fraction of sp³-hybridized carbons (Fsp3) is 0.222. The van der Waals surface area contributed by atoms with Gasteiger partial charge in [0.1, 0.15) is 5.75 Å². The molecular formula is C18H18BrN3O2. The van der Waals surface area contributed by atoms with Crippen LogP contribution in [-0.2, 0) is 0 Å². The number of halogens is 1. The zero-order valence-electron chi connectivity index (χ0n) is 13.5. The molecule has 0 fully saturated rings. The van der Waals surface area contributed by atoms with Crippen LogP contribution in [-0.4, -0.2) is 22.5 Å². The van der Waals surface area contributed by atoms with Gasteiger partial charge in [0.05, 0.1) is 23.2 Å². The second-order valence-corrected chi connectivity index (χ2v) is 6.82. The molecule has 0 aliphatic carbocycles. The summed E-state index contributed by atoms with van der Waals surface area (Å²) in [6.07, 6.45) is 0. The molecule has 0 bridgehead atoms. The summed E-state index contributed by atoms with van der Waals surface area (Å²) in [6.45, 7) is 4.67. The number of carbonyl (C=O) groups is 1. The second-order valence-electron chi connectivity index (χ2n) is 5.90. The summed E-state index contributed by atoms with van der Waals surface area (Å²) in [5, 5.41) is 2.80. The number of imidazole rings is 1. The Morgan fingerprint density at radius 3 is 2.83 bits per heavy atom. The number of hydrogen-bond donors (Lipinski definition) is 2. The number of fused-ring (bicyclic) bond motifs is 1. The van der Waals surface area contributed by atoms with Crippen LogP contribution in [0.2, 0.25) is 0 Å². The third-order valence-electron chi connectivity index (χ3n) is 3.38. The van der Waals surface area contributed by atoms with Crippen molar-refractivity contribution in [3.8, 4) is 5.75 Å². The van der Waals surface area contributed by atoms with E-state index in [4.69, 9.17) is 4.74 Å². The number of amides is 1. The zero-order valence-corrected chi connectivity index (χ0v) is 15.1. The average Bonchev–Trinajstić information content (AvgIpc) is 2.95. The van der Waals surface area contributed by atoms with Gasteiger partial charge in [0, 0.05) is 4.47 Å². The van der Waals surface area contributed by atoms with Gasteiger partial charge in [-0.25, -0.2) is 4.98 Å². The number of H-pyrrole nitrogens is 1. The molecule has 0 aliphatic rings. The molecule has 0 aliphatic heterocycles. The summed E-state index contributed by atoms with van der Waals surface area (Å²) in [7, 11) is 0. The van der Waals surface area contributed by atoms with Gasteiger partial charge in [-0.2, -0.15) is 0 Å². The van der Waals surface area contributed by atoms with Gasteiger partial charge >= 0.3 is 0 Å². The molecule has 5 nitrogen and oxygen atoms in total. The van der Waals surface area contributed by atoms with Crippen molar-refractivity contribution < 1.29 is 9.53 Å². The van der Waals surface area contributed by atoms with E-state index >= 15 is 0 Å². The first-order chi connectivity index (χ1) is 11.5. The standard InChI is InChI=1S/C18H18BrN3O2/c1-11(2)10-24-16-8-7-12(19)9-13(16)17(23)22-18-20-14-5-3-4-6-15(14)21-18/h3-9,11H,10H2,1-2H3,(H2,20,21,22,23). The quantitative estimate of drug-likeness (QED) is 0.671. The number of aromatic nitrogens is 2. The summed E-state index contributed by atoms with van der Waals surface area (Å²) >= 11 is 3.40. The molecule has 0 spiro atoms. The monoisotopic (exact) mass is 387 g/mol. The van der Waals surface area contributed by atoms with E-state index in [0.717, 1.165) is 15.5 Å². The number of nitrogens with zero attached hydrogens (tertiary/aromatic N) is 1. The molecule has 0 saturated carbocycles. The van der Waals surface area contributed by atoms with E-state index in [2.05, 4.69) is 45.1 Å². The number of ether oxygens (including phenoxy) is 1. The SMILES string of the molecule is CC(C)COc1ccc(Br)cc1C(=O)Nc1nc2ccccc2[nH]1. The highest BCUT2D eigenvalue weighted by Gasteiger charge is 2.15. The van der Waals surface area contributed by atoms with Crippen LogP contribution >= 0.6 is 15.9 Å². The van der Waals surface area contributed by atoms with Gasteiger partial charge in [-0.05, 0) is 36.2 Å². The second kappa shape index (κ2) is 7.05. The van der Waals surface area contributed by atoms with Crippen molar-refractivity contribution in [2.75, 3.05) is 11.9 Å².